The van der Waals surface area contributed by atoms with E-state index < -0.39 is 13.9 Å². The Morgan fingerprint density at radius 1 is 0.627 bits per heavy atom. The van der Waals surface area contributed by atoms with E-state index in [1.54, 1.807) is 0 Å². The van der Waals surface area contributed by atoms with Gasteiger partial charge in [0.1, 0.15) is 19.3 Å². The van der Waals surface area contributed by atoms with E-state index in [2.05, 4.69) is 50.3 Å². The molecule has 2 atom stereocenters. The molecule has 0 heterocycles. The number of rotatable bonds is 38. The molecule has 0 aliphatic carbocycles. The molecular formula is C42H81NO7P+. The number of carbonyl (C=O) groups is 1. The van der Waals surface area contributed by atoms with Gasteiger partial charge in [0.15, 0.2) is 0 Å². The highest BCUT2D eigenvalue weighted by molar-refractivity contribution is 7.47. The maximum atomic E-state index is 12.6. The van der Waals surface area contributed by atoms with Crippen LogP contribution in [0.5, 0.6) is 0 Å². The van der Waals surface area contributed by atoms with Crippen LogP contribution >= 0.6 is 7.82 Å². The van der Waals surface area contributed by atoms with Crippen LogP contribution in [0.1, 0.15) is 168 Å². The lowest BCUT2D eigenvalue weighted by molar-refractivity contribution is -0.870. The number of nitrogens with zero attached hydrogens (tertiary/aromatic N) is 1. The fourth-order valence-corrected chi connectivity index (χ4v) is 6.25. The standard InChI is InChI=1S/C42H80NO7P/c1-6-8-10-12-14-16-18-20-21-22-24-26-28-30-32-34-37-47-39-41(40-49-51(45,46)48-38-36-43(3,4)5)50-42(44)35-33-31-29-27-25-23-19-17-15-13-11-9-7-2/h8,10,14,16,20-21,41H,6-7,9,11-13,15,17-19,22-40H2,1-5H3/p+1/b10-8-,16-14-,21-20-. The summed E-state index contributed by atoms with van der Waals surface area (Å²) in [6.07, 6.45) is 40.2. The van der Waals surface area contributed by atoms with Gasteiger partial charge >= 0.3 is 13.8 Å². The van der Waals surface area contributed by atoms with Crippen LogP contribution in [0.3, 0.4) is 0 Å². The zero-order valence-electron chi connectivity index (χ0n) is 33.8. The summed E-state index contributed by atoms with van der Waals surface area (Å²) in [4.78, 5) is 22.8. The smallest absolute Gasteiger partial charge is 0.457 e. The SMILES string of the molecule is CC/C=C\C/C=C\C/C=C\CCCCCCCCOCC(COP(=O)(O)OCC[N+](C)(C)C)OC(=O)CCCCCCCCCCCCCCC. The Labute approximate surface area is 315 Å². The lowest BCUT2D eigenvalue weighted by Gasteiger charge is -2.24. The Hall–Kier alpha value is -1.28. The third-order valence-electron chi connectivity index (χ3n) is 8.72. The first-order valence-corrected chi connectivity index (χ1v) is 22.2. The van der Waals surface area contributed by atoms with E-state index in [1.807, 2.05) is 21.1 Å². The number of unbranched alkanes of at least 4 members (excludes halogenated alkanes) is 18. The van der Waals surface area contributed by atoms with Crippen molar-refractivity contribution in [3.63, 3.8) is 0 Å². The van der Waals surface area contributed by atoms with Gasteiger partial charge in [0.05, 0.1) is 34.4 Å². The molecule has 51 heavy (non-hydrogen) atoms. The van der Waals surface area contributed by atoms with Gasteiger partial charge in [0.25, 0.3) is 0 Å². The number of carbonyl (C=O) groups excluding carboxylic acids is 1. The minimum absolute atomic E-state index is 0.0863. The van der Waals surface area contributed by atoms with Crippen molar-refractivity contribution in [2.45, 2.75) is 174 Å². The summed E-state index contributed by atoms with van der Waals surface area (Å²) in [6, 6.07) is 0. The van der Waals surface area contributed by atoms with Crippen molar-refractivity contribution >= 4 is 13.8 Å². The van der Waals surface area contributed by atoms with Crippen LogP contribution in [0.4, 0.5) is 0 Å². The Morgan fingerprint density at radius 3 is 1.71 bits per heavy atom. The van der Waals surface area contributed by atoms with Crippen LogP contribution < -0.4 is 0 Å². The molecule has 0 rings (SSSR count). The highest BCUT2D eigenvalue weighted by atomic mass is 31.2. The fourth-order valence-electron chi connectivity index (χ4n) is 5.51. The molecule has 0 saturated heterocycles. The van der Waals surface area contributed by atoms with E-state index in [9.17, 15) is 14.3 Å². The highest BCUT2D eigenvalue weighted by Crippen LogP contribution is 2.43. The number of likely N-dealkylation sites (N-methyl/N-ethyl adjacent to an activating group) is 1. The number of ether oxygens (including phenoxy) is 2. The predicted molar refractivity (Wildman–Crippen MR) is 215 cm³/mol. The summed E-state index contributed by atoms with van der Waals surface area (Å²) in [6.45, 7) is 5.48. The summed E-state index contributed by atoms with van der Waals surface area (Å²) in [5.74, 6) is -0.319. The minimum Gasteiger partial charge on any atom is -0.457 e. The molecule has 0 aromatic heterocycles. The van der Waals surface area contributed by atoms with Gasteiger partial charge in [0.2, 0.25) is 0 Å². The van der Waals surface area contributed by atoms with E-state index in [4.69, 9.17) is 18.5 Å². The zero-order chi connectivity index (χ0) is 37.7. The van der Waals surface area contributed by atoms with Crippen molar-refractivity contribution in [3.05, 3.63) is 36.5 Å². The number of phosphoric ester groups is 1. The third kappa shape index (κ3) is 39.8. The monoisotopic (exact) mass is 743 g/mol. The average Bonchev–Trinajstić information content (AvgIpc) is 3.08. The molecule has 0 amide bonds. The minimum atomic E-state index is -4.27. The average molecular weight is 743 g/mol. The van der Waals surface area contributed by atoms with Crippen LogP contribution in [-0.2, 0) is 27.9 Å². The summed E-state index contributed by atoms with van der Waals surface area (Å²) in [7, 11) is 1.66. The maximum Gasteiger partial charge on any atom is 0.472 e. The van der Waals surface area contributed by atoms with E-state index in [0.29, 0.717) is 24.1 Å². The molecule has 1 N–H and O–H groups in total. The Balaban J connectivity index is 4.27. The second-order valence-electron chi connectivity index (χ2n) is 15.0. The van der Waals surface area contributed by atoms with Crippen molar-refractivity contribution in [3.8, 4) is 0 Å². The van der Waals surface area contributed by atoms with E-state index >= 15 is 0 Å². The van der Waals surface area contributed by atoms with Gasteiger partial charge in [-0.15, -0.1) is 0 Å². The highest BCUT2D eigenvalue weighted by Gasteiger charge is 2.26. The first-order valence-electron chi connectivity index (χ1n) is 20.7. The number of hydrogen-bond acceptors (Lipinski definition) is 6. The molecule has 0 spiro atoms. The molecule has 0 aliphatic rings. The number of phosphoric acid groups is 1. The van der Waals surface area contributed by atoms with Crippen LogP contribution in [-0.4, -0.2) is 75.6 Å². The lowest BCUT2D eigenvalue weighted by atomic mass is 10.0. The van der Waals surface area contributed by atoms with Gasteiger partial charge < -0.3 is 18.9 Å². The quantitative estimate of drug-likeness (QED) is 0.0221. The van der Waals surface area contributed by atoms with Crippen molar-refractivity contribution in [1.29, 1.82) is 0 Å². The molecule has 8 nitrogen and oxygen atoms in total. The predicted octanol–water partition coefficient (Wildman–Crippen LogP) is 11.8. The Morgan fingerprint density at radius 2 is 1.14 bits per heavy atom. The van der Waals surface area contributed by atoms with Gasteiger partial charge in [-0.25, -0.2) is 4.57 Å². The Bertz CT molecular complexity index is 915. The van der Waals surface area contributed by atoms with Crippen LogP contribution in [0, 0.1) is 0 Å². The largest absolute Gasteiger partial charge is 0.472 e. The van der Waals surface area contributed by atoms with Gasteiger partial charge in [-0.05, 0) is 44.9 Å². The second-order valence-corrected chi connectivity index (χ2v) is 16.4. The third-order valence-corrected chi connectivity index (χ3v) is 9.70. The van der Waals surface area contributed by atoms with E-state index in [-0.39, 0.29) is 25.8 Å². The molecule has 2 unspecified atom stereocenters. The summed E-state index contributed by atoms with van der Waals surface area (Å²) in [5, 5.41) is 0. The van der Waals surface area contributed by atoms with E-state index in [0.717, 1.165) is 57.8 Å². The normalized spacial score (nSPS) is 14.2. The van der Waals surface area contributed by atoms with Gasteiger partial charge in [0, 0.05) is 13.0 Å². The van der Waals surface area contributed by atoms with Gasteiger partial charge in [-0.3, -0.25) is 13.8 Å². The first-order chi connectivity index (χ1) is 24.6. The number of esters is 1. The molecule has 0 saturated carbocycles. The molecule has 9 heteroatoms. The fraction of sp³-hybridized carbons (Fsp3) is 0.833. The van der Waals surface area contributed by atoms with Crippen molar-refractivity contribution in [1.82, 2.24) is 0 Å². The number of quaternary nitrogens is 1. The van der Waals surface area contributed by atoms with Gasteiger partial charge in [-0.1, -0.05) is 153 Å². The van der Waals surface area contributed by atoms with Crippen molar-refractivity contribution < 1.29 is 37.3 Å². The first kappa shape index (κ1) is 49.7. The molecule has 0 fully saturated rings. The summed E-state index contributed by atoms with van der Waals surface area (Å²) in [5.41, 5.74) is 0. The van der Waals surface area contributed by atoms with E-state index in [1.165, 1.54) is 89.9 Å². The van der Waals surface area contributed by atoms with Crippen molar-refractivity contribution in [2.75, 3.05) is 54.1 Å². The number of allylic oxidation sites excluding steroid dienone is 6. The van der Waals surface area contributed by atoms with Gasteiger partial charge in [-0.2, -0.15) is 0 Å². The summed E-state index contributed by atoms with van der Waals surface area (Å²) < 4.78 is 34.9. The molecule has 0 bridgehead atoms. The molecule has 0 aliphatic heterocycles. The maximum absolute atomic E-state index is 12.6. The van der Waals surface area contributed by atoms with Crippen LogP contribution in [0.2, 0.25) is 0 Å². The molecule has 0 radical (unpaired) electrons. The molecule has 300 valence electrons. The molecule has 0 aromatic carbocycles. The second kappa shape index (κ2) is 35.7. The molecular weight excluding hydrogens is 661 g/mol. The summed E-state index contributed by atoms with van der Waals surface area (Å²) >= 11 is 0. The van der Waals surface area contributed by atoms with Crippen LogP contribution in [0.15, 0.2) is 36.5 Å². The lowest BCUT2D eigenvalue weighted by Crippen LogP contribution is -2.37. The van der Waals surface area contributed by atoms with Crippen molar-refractivity contribution in [2.24, 2.45) is 0 Å². The topological polar surface area (TPSA) is 91.3 Å². The molecule has 0 aromatic rings. The van der Waals surface area contributed by atoms with Crippen LogP contribution in [0.25, 0.3) is 0 Å². The number of hydrogen-bond donors (Lipinski definition) is 1. The zero-order valence-corrected chi connectivity index (χ0v) is 34.7. The Kier molecular flexibility index (Phi) is 34.8.